The standard InChI is InChI=1S/C19H21FN2O/c1-14-5-3-4-6-17(14)19(11-12-19)13-21-18(23)22(2)16-9-7-15(20)8-10-16/h3-10H,11-13H2,1-2H3,(H,21,23). The summed E-state index contributed by atoms with van der Waals surface area (Å²) in [5, 5.41) is 3.02. The fraction of sp³-hybridized carbons (Fsp3) is 0.316. The Balaban J connectivity index is 1.65. The number of aryl methyl sites for hydroxylation is 1. The van der Waals surface area contributed by atoms with Gasteiger partial charge in [0.25, 0.3) is 0 Å². The van der Waals surface area contributed by atoms with Crippen LogP contribution in [0.5, 0.6) is 0 Å². The van der Waals surface area contributed by atoms with Gasteiger partial charge in [-0.2, -0.15) is 0 Å². The summed E-state index contributed by atoms with van der Waals surface area (Å²) in [5.74, 6) is -0.306. The highest BCUT2D eigenvalue weighted by atomic mass is 19.1. The average Bonchev–Trinajstić information content (AvgIpc) is 3.34. The first-order valence-corrected chi connectivity index (χ1v) is 7.85. The lowest BCUT2D eigenvalue weighted by Gasteiger charge is -2.22. The maximum atomic E-state index is 13.0. The van der Waals surface area contributed by atoms with Crippen LogP contribution in [-0.2, 0) is 5.41 Å². The molecule has 0 spiro atoms. The minimum absolute atomic E-state index is 0.0740. The topological polar surface area (TPSA) is 32.3 Å². The summed E-state index contributed by atoms with van der Waals surface area (Å²) in [6, 6.07) is 14.1. The number of hydrogen-bond acceptors (Lipinski definition) is 1. The second-order valence-corrected chi connectivity index (χ2v) is 6.29. The third-order valence-corrected chi connectivity index (χ3v) is 4.67. The van der Waals surface area contributed by atoms with E-state index in [0.29, 0.717) is 12.2 Å². The van der Waals surface area contributed by atoms with Crippen molar-refractivity contribution in [3.05, 3.63) is 65.5 Å². The molecular formula is C19H21FN2O. The number of benzene rings is 2. The number of rotatable bonds is 4. The molecule has 0 radical (unpaired) electrons. The van der Waals surface area contributed by atoms with Crippen molar-refractivity contribution in [1.82, 2.24) is 5.32 Å². The molecular weight excluding hydrogens is 291 g/mol. The van der Waals surface area contributed by atoms with Gasteiger partial charge in [0.2, 0.25) is 0 Å². The van der Waals surface area contributed by atoms with Gasteiger partial charge >= 0.3 is 6.03 Å². The molecule has 2 aromatic rings. The van der Waals surface area contributed by atoms with Crippen molar-refractivity contribution in [3.63, 3.8) is 0 Å². The summed E-state index contributed by atoms with van der Waals surface area (Å²) in [7, 11) is 1.69. The zero-order chi connectivity index (χ0) is 16.4. The van der Waals surface area contributed by atoms with E-state index in [1.165, 1.54) is 28.2 Å². The van der Waals surface area contributed by atoms with E-state index in [1.54, 1.807) is 19.2 Å². The van der Waals surface area contributed by atoms with Crippen molar-refractivity contribution in [3.8, 4) is 0 Å². The lowest BCUT2D eigenvalue weighted by molar-refractivity contribution is 0.246. The van der Waals surface area contributed by atoms with Crippen molar-refractivity contribution in [2.75, 3.05) is 18.5 Å². The molecule has 1 fully saturated rings. The normalized spacial score (nSPS) is 15.1. The van der Waals surface area contributed by atoms with Crippen LogP contribution in [0.15, 0.2) is 48.5 Å². The molecule has 1 N–H and O–H groups in total. The molecule has 0 unspecified atom stereocenters. The van der Waals surface area contributed by atoms with Crippen LogP contribution in [0.4, 0.5) is 14.9 Å². The van der Waals surface area contributed by atoms with Crippen LogP contribution < -0.4 is 10.2 Å². The van der Waals surface area contributed by atoms with Crippen molar-refractivity contribution >= 4 is 11.7 Å². The van der Waals surface area contributed by atoms with Gasteiger partial charge in [-0.3, -0.25) is 4.90 Å². The predicted molar refractivity (Wildman–Crippen MR) is 90.3 cm³/mol. The van der Waals surface area contributed by atoms with E-state index < -0.39 is 0 Å². The summed E-state index contributed by atoms with van der Waals surface area (Å²) in [6.45, 7) is 2.74. The molecule has 1 aliphatic rings. The number of nitrogens with zero attached hydrogens (tertiary/aromatic N) is 1. The maximum absolute atomic E-state index is 13.0. The van der Waals surface area contributed by atoms with Gasteiger partial charge in [-0.25, -0.2) is 9.18 Å². The minimum atomic E-state index is -0.306. The van der Waals surface area contributed by atoms with Crippen LogP contribution in [0.1, 0.15) is 24.0 Å². The van der Waals surface area contributed by atoms with Gasteiger partial charge in [-0.05, 0) is 55.2 Å². The van der Waals surface area contributed by atoms with Crippen LogP contribution >= 0.6 is 0 Å². The van der Waals surface area contributed by atoms with Crippen molar-refractivity contribution in [2.45, 2.75) is 25.2 Å². The quantitative estimate of drug-likeness (QED) is 0.909. The number of hydrogen-bond donors (Lipinski definition) is 1. The number of nitrogens with one attached hydrogen (secondary N) is 1. The number of carbonyl (C=O) groups is 1. The first-order valence-electron chi connectivity index (χ1n) is 7.85. The molecule has 3 nitrogen and oxygen atoms in total. The smallest absolute Gasteiger partial charge is 0.321 e. The van der Waals surface area contributed by atoms with E-state index in [-0.39, 0.29) is 17.3 Å². The fourth-order valence-corrected chi connectivity index (χ4v) is 3.01. The molecule has 0 heterocycles. The molecule has 120 valence electrons. The Hall–Kier alpha value is -2.36. The first-order chi connectivity index (χ1) is 11.0. The number of halogens is 1. The Morgan fingerprint density at radius 3 is 2.43 bits per heavy atom. The molecule has 0 bridgehead atoms. The van der Waals surface area contributed by atoms with Gasteiger partial charge in [0.05, 0.1) is 0 Å². The molecule has 1 aliphatic carbocycles. The highest BCUT2D eigenvalue weighted by molar-refractivity contribution is 5.91. The first kappa shape index (κ1) is 15.5. The van der Waals surface area contributed by atoms with Gasteiger partial charge in [0.1, 0.15) is 5.82 Å². The molecule has 0 saturated heterocycles. The molecule has 2 aromatic carbocycles. The fourth-order valence-electron chi connectivity index (χ4n) is 3.01. The predicted octanol–water partition coefficient (Wildman–Crippen LogP) is 4.01. The largest absolute Gasteiger partial charge is 0.337 e. The van der Waals surface area contributed by atoms with Crippen LogP contribution in [0, 0.1) is 12.7 Å². The lowest BCUT2D eigenvalue weighted by atomic mass is 9.92. The number of anilines is 1. The Labute approximate surface area is 136 Å². The van der Waals surface area contributed by atoms with Crippen LogP contribution in [0.25, 0.3) is 0 Å². The van der Waals surface area contributed by atoms with E-state index >= 15 is 0 Å². The molecule has 3 rings (SSSR count). The summed E-state index contributed by atoms with van der Waals surface area (Å²) in [6.07, 6.45) is 2.19. The maximum Gasteiger partial charge on any atom is 0.321 e. The monoisotopic (exact) mass is 312 g/mol. The van der Waals surface area contributed by atoms with E-state index in [0.717, 1.165) is 12.8 Å². The van der Waals surface area contributed by atoms with Gasteiger partial charge in [-0.15, -0.1) is 0 Å². The summed E-state index contributed by atoms with van der Waals surface area (Å²) in [4.78, 5) is 13.8. The van der Waals surface area contributed by atoms with Gasteiger partial charge < -0.3 is 5.32 Å². The van der Waals surface area contributed by atoms with Crippen LogP contribution in [-0.4, -0.2) is 19.6 Å². The third kappa shape index (κ3) is 3.21. The zero-order valence-corrected chi connectivity index (χ0v) is 13.5. The molecule has 4 heteroatoms. The Morgan fingerprint density at radius 1 is 1.17 bits per heavy atom. The van der Waals surface area contributed by atoms with Crippen molar-refractivity contribution < 1.29 is 9.18 Å². The summed E-state index contributed by atoms with van der Waals surface area (Å²) >= 11 is 0. The summed E-state index contributed by atoms with van der Waals surface area (Å²) in [5.41, 5.74) is 3.34. The third-order valence-electron chi connectivity index (χ3n) is 4.67. The Bertz CT molecular complexity index is 708. The van der Waals surface area contributed by atoms with Crippen molar-refractivity contribution in [2.24, 2.45) is 0 Å². The van der Waals surface area contributed by atoms with E-state index in [9.17, 15) is 9.18 Å². The van der Waals surface area contributed by atoms with Gasteiger partial charge in [-0.1, -0.05) is 24.3 Å². The molecule has 1 saturated carbocycles. The Kier molecular flexibility index (Phi) is 4.07. The second-order valence-electron chi connectivity index (χ2n) is 6.29. The van der Waals surface area contributed by atoms with E-state index in [2.05, 4.69) is 30.4 Å². The Morgan fingerprint density at radius 2 is 1.83 bits per heavy atom. The SMILES string of the molecule is Cc1ccccc1C1(CNC(=O)N(C)c2ccc(F)cc2)CC1. The molecule has 0 aromatic heterocycles. The molecule has 23 heavy (non-hydrogen) atoms. The second kappa shape index (κ2) is 6.03. The van der Waals surface area contributed by atoms with Crippen molar-refractivity contribution in [1.29, 1.82) is 0 Å². The van der Waals surface area contributed by atoms with E-state index in [4.69, 9.17) is 0 Å². The highest BCUT2D eigenvalue weighted by Gasteiger charge is 2.45. The minimum Gasteiger partial charge on any atom is -0.337 e. The average molecular weight is 312 g/mol. The molecule has 0 aliphatic heterocycles. The van der Waals surface area contributed by atoms with Crippen LogP contribution in [0.3, 0.4) is 0 Å². The number of amides is 2. The van der Waals surface area contributed by atoms with E-state index in [1.807, 2.05) is 6.07 Å². The number of carbonyl (C=O) groups excluding carboxylic acids is 1. The molecule has 0 atom stereocenters. The lowest BCUT2D eigenvalue weighted by Crippen LogP contribution is -2.41. The van der Waals surface area contributed by atoms with Gasteiger partial charge in [0, 0.05) is 24.7 Å². The van der Waals surface area contributed by atoms with Gasteiger partial charge in [0.15, 0.2) is 0 Å². The highest BCUT2D eigenvalue weighted by Crippen LogP contribution is 2.48. The number of urea groups is 1. The van der Waals surface area contributed by atoms with Crippen LogP contribution in [0.2, 0.25) is 0 Å². The summed E-state index contributed by atoms with van der Waals surface area (Å²) < 4.78 is 13.0. The molecule has 2 amide bonds. The zero-order valence-electron chi connectivity index (χ0n) is 13.5.